The fourth-order valence-corrected chi connectivity index (χ4v) is 3.58. The number of methoxy groups -OCH3 is 1. The molecule has 4 rings (SSSR count). The fraction of sp³-hybridized carbons (Fsp3) is 0.167. The highest BCUT2D eigenvalue weighted by Gasteiger charge is 2.17. The zero-order valence-corrected chi connectivity index (χ0v) is 17.1. The third kappa shape index (κ3) is 3.98. The van der Waals surface area contributed by atoms with E-state index in [-0.39, 0.29) is 10.7 Å². The molecular formula is C18H18N8O3S. The number of nitrogens with zero attached hydrogens (tertiary/aromatic N) is 5. The lowest BCUT2D eigenvalue weighted by Crippen LogP contribution is -2.05. The Kier molecular flexibility index (Phi) is 4.91. The molecule has 4 heterocycles. The highest BCUT2D eigenvalue weighted by molar-refractivity contribution is 7.90. The molecule has 0 fully saturated rings. The summed E-state index contributed by atoms with van der Waals surface area (Å²) in [6.07, 6.45) is 2.64. The standard InChI is InChI=1S/C18H18N8O3S/c1-10-20-16-11(22-17-12(30(3,27)28)5-4-8-19-17)9-14(24-18(16)21-10)23-13-6-7-15(29-2)26-25-13/h4-9H,1-3H3,(H3,19,20,21,22,23,24,25). The molecule has 0 spiro atoms. The number of fused-ring (bicyclic) bond motifs is 1. The second-order valence-electron chi connectivity index (χ2n) is 6.41. The number of aromatic amines is 1. The SMILES string of the molecule is COc1ccc(Nc2cc(Nc3ncccc3S(C)(=O)=O)c3nc(C)[nH]c3n2)nn1. The van der Waals surface area contributed by atoms with Crippen molar-refractivity contribution in [1.29, 1.82) is 0 Å². The summed E-state index contributed by atoms with van der Waals surface area (Å²) in [5.74, 6) is 2.15. The van der Waals surface area contributed by atoms with Crippen molar-refractivity contribution < 1.29 is 13.2 Å². The summed E-state index contributed by atoms with van der Waals surface area (Å²) in [7, 11) is -1.97. The number of rotatable bonds is 6. The first kappa shape index (κ1) is 19.5. The molecule has 0 bridgehead atoms. The maximum atomic E-state index is 12.1. The molecule has 0 aromatic carbocycles. The molecule has 0 aliphatic carbocycles. The smallest absolute Gasteiger partial charge is 0.233 e. The number of imidazole rings is 1. The summed E-state index contributed by atoms with van der Waals surface area (Å²) in [5, 5.41) is 14.1. The summed E-state index contributed by atoms with van der Waals surface area (Å²) in [4.78, 5) is 16.3. The Labute approximate surface area is 171 Å². The Morgan fingerprint density at radius 3 is 2.60 bits per heavy atom. The quantitative estimate of drug-likeness (QED) is 0.419. The summed E-state index contributed by atoms with van der Waals surface area (Å²) in [6, 6.07) is 8.11. The van der Waals surface area contributed by atoms with Crippen molar-refractivity contribution in [2.45, 2.75) is 11.8 Å². The minimum Gasteiger partial charge on any atom is -0.480 e. The molecule has 0 aliphatic heterocycles. The zero-order valence-electron chi connectivity index (χ0n) is 16.3. The van der Waals surface area contributed by atoms with E-state index in [0.29, 0.717) is 40.2 Å². The number of hydrogen-bond donors (Lipinski definition) is 3. The van der Waals surface area contributed by atoms with Gasteiger partial charge in [-0.1, -0.05) is 0 Å². The molecule has 0 amide bonds. The van der Waals surface area contributed by atoms with Crippen LogP contribution in [0.3, 0.4) is 0 Å². The molecule has 154 valence electrons. The van der Waals surface area contributed by atoms with Crippen LogP contribution in [0.5, 0.6) is 5.88 Å². The van der Waals surface area contributed by atoms with E-state index in [1.54, 1.807) is 31.2 Å². The van der Waals surface area contributed by atoms with E-state index in [1.165, 1.54) is 19.4 Å². The van der Waals surface area contributed by atoms with Gasteiger partial charge < -0.3 is 20.4 Å². The van der Waals surface area contributed by atoms with Crippen LogP contribution in [0.25, 0.3) is 11.2 Å². The van der Waals surface area contributed by atoms with Crippen molar-refractivity contribution in [2.75, 3.05) is 24.0 Å². The summed E-state index contributed by atoms with van der Waals surface area (Å²) in [5.41, 5.74) is 1.58. The second-order valence-corrected chi connectivity index (χ2v) is 8.39. The maximum Gasteiger partial charge on any atom is 0.233 e. The molecule has 4 aromatic rings. The van der Waals surface area contributed by atoms with E-state index in [9.17, 15) is 8.42 Å². The number of aromatic nitrogens is 6. The Hall–Kier alpha value is -3.80. The van der Waals surface area contributed by atoms with Gasteiger partial charge in [-0.3, -0.25) is 0 Å². The highest BCUT2D eigenvalue weighted by atomic mass is 32.2. The molecule has 0 unspecified atom stereocenters. The van der Waals surface area contributed by atoms with Gasteiger partial charge in [0.1, 0.15) is 27.9 Å². The molecule has 30 heavy (non-hydrogen) atoms. The van der Waals surface area contributed by atoms with Crippen molar-refractivity contribution >= 4 is 44.1 Å². The monoisotopic (exact) mass is 426 g/mol. The van der Waals surface area contributed by atoms with Gasteiger partial charge in [0.25, 0.3) is 0 Å². The largest absolute Gasteiger partial charge is 0.480 e. The number of pyridine rings is 2. The van der Waals surface area contributed by atoms with E-state index in [1.807, 2.05) is 0 Å². The molecule has 3 N–H and O–H groups in total. The first-order chi connectivity index (χ1) is 14.3. The maximum absolute atomic E-state index is 12.1. The van der Waals surface area contributed by atoms with E-state index >= 15 is 0 Å². The molecule has 0 radical (unpaired) electrons. The number of nitrogens with one attached hydrogen (secondary N) is 3. The zero-order chi connectivity index (χ0) is 21.3. The molecular weight excluding hydrogens is 408 g/mol. The van der Waals surface area contributed by atoms with Crippen LogP contribution < -0.4 is 15.4 Å². The van der Waals surface area contributed by atoms with E-state index in [0.717, 1.165) is 6.26 Å². The van der Waals surface area contributed by atoms with E-state index in [4.69, 9.17) is 4.74 Å². The van der Waals surface area contributed by atoms with Gasteiger partial charge >= 0.3 is 0 Å². The van der Waals surface area contributed by atoms with Crippen molar-refractivity contribution in [3.63, 3.8) is 0 Å². The average molecular weight is 426 g/mol. The van der Waals surface area contributed by atoms with Crippen LogP contribution in [0, 0.1) is 6.92 Å². The predicted octanol–water partition coefficient (Wildman–Crippen LogP) is 2.35. The number of anilines is 4. The molecule has 11 nitrogen and oxygen atoms in total. The van der Waals surface area contributed by atoms with Gasteiger partial charge in [0.2, 0.25) is 5.88 Å². The number of hydrogen-bond acceptors (Lipinski definition) is 10. The third-order valence-corrected chi connectivity index (χ3v) is 5.23. The molecule has 0 saturated heterocycles. The van der Waals surface area contributed by atoms with Crippen molar-refractivity contribution in [2.24, 2.45) is 0 Å². The van der Waals surface area contributed by atoms with Crippen LogP contribution in [0.4, 0.5) is 23.1 Å². The molecule has 0 aliphatic rings. The number of aryl methyl sites for hydroxylation is 1. The first-order valence-electron chi connectivity index (χ1n) is 8.77. The van der Waals surface area contributed by atoms with Crippen LogP contribution in [-0.4, -0.2) is 51.9 Å². The Balaban J connectivity index is 1.76. The normalized spacial score (nSPS) is 11.4. The van der Waals surface area contributed by atoms with Gasteiger partial charge in [-0.25, -0.2) is 23.4 Å². The van der Waals surface area contributed by atoms with Crippen LogP contribution in [0.2, 0.25) is 0 Å². The van der Waals surface area contributed by atoms with Gasteiger partial charge in [0.15, 0.2) is 21.3 Å². The minimum atomic E-state index is -3.48. The summed E-state index contributed by atoms with van der Waals surface area (Å²) in [6.45, 7) is 1.80. The van der Waals surface area contributed by atoms with E-state index < -0.39 is 9.84 Å². The number of sulfone groups is 1. The summed E-state index contributed by atoms with van der Waals surface area (Å²) >= 11 is 0. The van der Waals surface area contributed by atoms with Crippen LogP contribution >= 0.6 is 0 Å². The lowest BCUT2D eigenvalue weighted by molar-refractivity contribution is 0.392. The lowest BCUT2D eigenvalue weighted by atomic mass is 10.3. The van der Waals surface area contributed by atoms with Crippen molar-refractivity contribution in [3.05, 3.63) is 42.4 Å². The highest BCUT2D eigenvalue weighted by Crippen LogP contribution is 2.29. The molecule has 0 saturated carbocycles. The third-order valence-electron chi connectivity index (χ3n) is 4.10. The summed E-state index contributed by atoms with van der Waals surface area (Å²) < 4.78 is 29.2. The molecule has 0 atom stereocenters. The van der Waals surface area contributed by atoms with Gasteiger partial charge in [-0.15, -0.1) is 10.2 Å². The van der Waals surface area contributed by atoms with Crippen molar-refractivity contribution in [3.8, 4) is 5.88 Å². The van der Waals surface area contributed by atoms with Crippen LogP contribution in [0.15, 0.2) is 41.4 Å². The predicted molar refractivity (Wildman–Crippen MR) is 111 cm³/mol. The first-order valence-corrected chi connectivity index (χ1v) is 10.7. The number of H-pyrrole nitrogens is 1. The van der Waals surface area contributed by atoms with Gasteiger partial charge in [0.05, 0.1) is 12.8 Å². The molecule has 4 aromatic heterocycles. The lowest BCUT2D eigenvalue weighted by Gasteiger charge is -2.12. The second kappa shape index (κ2) is 7.55. The van der Waals surface area contributed by atoms with Gasteiger partial charge in [-0.05, 0) is 25.1 Å². The minimum absolute atomic E-state index is 0.0813. The fourth-order valence-electron chi connectivity index (χ4n) is 2.80. The Morgan fingerprint density at radius 2 is 1.90 bits per heavy atom. The van der Waals surface area contributed by atoms with Gasteiger partial charge in [-0.2, -0.15) is 0 Å². The topological polar surface area (TPSA) is 148 Å². The van der Waals surface area contributed by atoms with Gasteiger partial charge in [0, 0.05) is 24.6 Å². The Bertz CT molecular complexity index is 1320. The average Bonchev–Trinajstić information content (AvgIpc) is 3.09. The number of ether oxygens (including phenoxy) is 1. The Morgan fingerprint density at radius 1 is 1.07 bits per heavy atom. The van der Waals surface area contributed by atoms with Crippen LogP contribution in [-0.2, 0) is 9.84 Å². The molecule has 12 heteroatoms. The van der Waals surface area contributed by atoms with Crippen LogP contribution in [0.1, 0.15) is 5.82 Å². The van der Waals surface area contributed by atoms with E-state index in [2.05, 4.69) is 40.8 Å². The van der Waals surface area contributed by atoms with Crippen molar-refractivity contribution in [1.82, 2.24) is 30.1 Å².